The third-order valence-corrected chi connectivity index (χ3v) is 4.24. The Labute approximate surface area is 169 Å². The molecule has 3 aromatic rings. The molecule has 0 atom stereocenters. The van der Waals surface area contributed by atoms with Gasteiger partial charge in [-0.25, -0.2) is 9.48 Å². The van der Waals surface area contributed by atoms with Gasteiger partial charge in [-0.2, -0.15) is 5.10 Å². The van der Waals surface area contributed by atoms with Gasteiger partial charge >= 0.3 is 5.97 Å². The van der Waals surface area contributed by atoms with Gasteiger partial charge in [-0.05, 0) is 42.8 Å². The van der Waals surface area contributed by atoms with Gasteiger partial charge in [0.1, 0.15) is 11.3 Å². The van der Waals surface area contributed by atoms with E-state index in [9.17, 15) is 9.59 Å². The molecule has 0 fully saturated rings. The lowest BCUT2D eigenvalue weighted by Crippen LogP contribution is -2.29. The van der Waals surface area contributed by atoms with Gasteiger partial charge in [0.2, 0.25) is 0 Å². The van der Waals surface area contributed by atoms with Gasteiger partial charge in [0, 0.05) is 5.56 Å². The Balaban J connectivity index is 1.99. The Kier molecular flexibility index (Phi) is 6.58. The second-order valence-corrected chi connectivity index (χ2v) is 6.19. The van der Waals surface area contributed by atoms with Gasteiger partial charge < -0.3 is 9.47 Å². The van der Waals surface area contributed by atoms with Crippen molar-refractivity contribution in [3.63, 3.8) is 0 Å². The van der Waals surface area contributed by atoms with E-state index in [-0.39, 0.29) is 18.7 Å². The van der Waals surface area contributed by atoms with Gasteiger partial charge in [-0.3, -0.25) is 4.79 Å². The van der Waals surface area contributed by atoms with E-state index in [0.29, 0.717) is 11.4 Å². The minimum Gasteiger partial charge on any atom is -0.497 e. The fourth-order valence-electron chi connectivity index (χ4n) is 2.78. The lowest BCUT2D eigenvalue weighted by atomic mass is 10.1. The fourth-order valence-corrected chi connectivity index (χ4v) is 2.78. The maximum absolute atomic E-state index is 12.8. The van der Waals surface area contributed by atoms with Crippen molar-refractivity contribution in [2.75, 3.05) is 13.7 Å². The van der Waals surface area contributed by atoms with Crippen LogP contribution in [0.5, 0.6) is 5.75 Å². The third kappa shape index (κ3) is 4.99. The Morgan fingerprint density at radius 2 is 1.83 bits per heavy atom. The summed E-state index contributed by atoms with van der Waals surface area (Å²) in [7, 11) is 1.59. The number of allylic oxidation sites excluding steroid dienone is 1. The minimum atomic E-state index is -0.657. The standard InChI is InChI=1S/C23H22N2O4/c1-3-29-23(27)20-16-21(18-11-13-19(28-2)14-12-18)24-25(22(20)26)15-7-10-17-8-5-4-6-9-17/h4-14,16H,3,15H2,1-2H3/b10-7+. The van der Waals surface area contributed by atoms with Crippen LogP contribution in [0.2, 0.25) is 0 Å². The molecule has 1 aromatic heterocycles. The van der Waals surface area contributed by atoms with Gasteiger partial charge in [-0.15, -0.1) is 0 Å². The lowest BCUT2D eigenvalue weighted by molar-refractivity contribution is 0.0523. The van der Waals surface area contributed by atoms with E-state index in [4.69, 9.17) is 9.47 Å². The molecule has 0 radical (unpaired) electrons. The Morgan fingerprint density at radius 3 is 2.48 bits per heavy atom. The molecule has 6 nitrogen and oxygen atoms in total. The summed E-state index contributed by atoms with van der Waals surface area (Å²) < 4.78 is 11.5. The van der Waals surface area contributed by atoms with Gasteiger partial charge in [0.05, 0.1) is 26.0 Å². The molecule has 1 heterocycles. The molecule has 0 unspecified atom stereocenters. The predicted molar refractivity (Wildman–Crippen MR) is 112 cm³/mol. The third-order valence-electron chi connectivity index (χ3n) is 4.24. The lowest BCUT2D eigenvalue weighted by Gasteiger charge is -2.10. The molecule has 0 aliphatic carbocycles. The number of hydrogen-bond acceptors (Lipinski definition) is 5. The normalized spacial score (nSPS) is 10.8. The maximum Gasteiger partial charge on any atom is 0.343 e. The molecule has 0 aliphatic rings. The first-order valence-corrected chi connectivity index (χ1v) is 9.27. The second kappa shape index (κ2) is 9.50. The van der Waals surface area contributed by atoms with Gasteiger partial charge in [0.15, 0.2) is 0 Å². The highest BCUT2D eigenvalue weighted by Crippen LogP contribution is 2.20. The highest BCUT2D eigenvalue weighted by atomic mass is 16.5. The molecule has 0 N–H and O–H groups in total. The minimum absolute atomic E-state index is 0.0409. The second-order valence-electron chi connectivity index (χ2n) is 6.19. The topological polar surface area (TPSA) is 70.4 Å². The summed E-state index contributed by atoms with van der Waals surface area (Å²) in [6.45, 7) is 2.11. The molecular weight excluding hydrogens is 368 g/mol. The molecular formula is C23H22N2O4. The molecule has 0 bridgehead atoms. The number of carbonyl (C=O) groups is 1. The van der Waals surface area contributed by atoms with E-state index in [1.165, 1.54) is 10.7 Å². The summed E-state index contributed by atoms with van der Waals surface area (Å²) in [5.74, 6) is 0.0499. The van der Waals surface area contributed by atoms with E-state index >= 15 is 0 Å². The van der Waals surface area contributed by atoms with Crippen molar-refractivity contribution in [3.05, 3.63) is 88.2 Å². The smallest absolute Gasteiger partial charge is 0.343 e. The molecule has 148 valence electrons. The van der Waals surface area contributed by atoms with Crippen molar-refractivity contribution < 1.29 is 14.3 Å². The SMILES string of the molecule is CCOC(=O)c1cc(-c2ccc(OC)cc2)nn(C/C=C/c2ccccc2)c1=O. The Morgan fingerprint density at radius 1 is 1.10 bits per heavy atom. The molecule has 0 amide bonds. The number of esters is 1. The van der Waals surface area contributed by atoms with Crippen LogP contribution in [0.25, 0.3) is 17.3 Å². The molecule has 0 spiro atoms. The van der Waals surface area contributed by atoms with Crippen molar-refractivity contribution >= 4 is 12.0 Å². The Hall–Kier alpha value is -3.67. The summed E-state index contributed by atoms with van der Waals surface area (Å²) in [5, 5.41) is 4.44. The van der Waals surface area contributed by atoms with Crippen LogP contribution >= 0.6 is 0 Å². The number of ether oxygens (including phenoxy) is 2. The highest BCUT2D eigenvalue weighted by molar-refractivity contribution is 5.90. The zero-order valence-corrected chi connectivity index (χ0v) is 16.4. The van der Waals surface area contributed by atoms with Crippen molar-refractivity contribution in [1.29, 1.82) is 0 Å². The fraction of sp³-hybridized carbons (Fsp3) is 0.174. The largest absolute Gasteiger partial charge is 0.497 e. The maximum atomic E-state index is 12.8. The van der Waals surface area contributed by atoms with E-state index < -0.39 is 11.5 Å². The van der Waals surface area contributed by atoms with Crippen LogP contribution in [-0.2, 0) is 11.3 Å². The van der Waals surface area contributed by atoms with Crippen molar-refractivity contribution in [1.82, 2.24) is 9.78 Å². The van der Waals surface area contributed by atoms with Crippen LogP contribution in [0.1, 0.15) is 22.8 Å². The van der Waals surface area contributed by atoms with Crippen LogP contribution in [0.3, 0.4) is 0 Å². The molecule has 0 saturated carbocycles. The Bertz CT molecular complexity index is 1050. The van der Waals surface area contributed by atoms with Crippen LogP contribution < -0.4 is 10.3 Å². The average molecular weight is 390 g/mol. The number of rotatable bonds is 7. The first kappa shape index (κ1) is 20.1. The zero-order valence-electron chi connectivity index (χ0n) is 16.4. The number of carbonyl (C=O) groups excluding carboxylic acids is 1. The van der Waals surface area contributed by atoms with Crippen molar-refractivity contribution in [3.8, 4) is 17.0 Å². The molecule has 3 rings (SSSR count). The summed E-state index contributed by atoms with van der Waals surface area (Å²) in [6.07, 6.45) is 3.73. The average Bonchev–Trinajstić information content (AvgIpc) is 2.76. The molecule has 0 aliphatic heterocycles. The molecule has 29 heavy (non-hydrogen) atoms. The van der Waals surface area contributed by atoms with E-state index in [0.717, 1.165) is 11.1 Å². The molecule has 6 heteroatoms. The summed E-state index contributed by atoms with van der Waals surface area (Å²) >= 11 is 0. The first-order chi connectivity index (χ1) is 14.1. The van der Waals surface area contributed by atoms with Crippen LogP contribution in [0, 0.1) is 0 Å². The van der Waals surface area contributed by atoms with Crippen LogP contribution in [0.4, 0.5) is 0 Å². The summed E-state index contributed by atoms with van der Waals surface area (Å²) in [5.41, 5.74) is 1.75. The first-order valence-electron chi connectivity index (χ1n) is 9.27. The number of benzene rings is 2. The molecule has 2 aromatic carbocycles. The number of hydrogen-bond donors (Lipinski definition) is 0. The quantitative estimate of drug-likeness (QED) is 0.574. The van der Waals surface area contributed by atoms with Gasteiger partial charge in [0.25, 0.3) is 5.56 Å². The van der Waals surface area contributed by atoms with Crippen LogP contribution in [-0.4, -0.2) is 29.5 Å². The van der Waals surface area contributed by atoms with Crippen molar-refractivity contribution in [2.24, 2.45) is 0 Å². The van der Waals surface area contributed by atoms with E-state index in [1.807, 2.05) is 54.6 Å². The summed E-state index contributed by atoms with van der Waals surface area (Å²) in [4.78, 5) is 25.1. The predicted octanol–water partition coefficient (Wildman–Crippen LogP) is 3.81. The number of aromatic nitrogens is 2. The zero-order chi connectivity index (χ0) is 20.6. The van der Waals surface area contributed by atoms with Gasteiger partial charge in [-0.1, -0.05) is 42.5 Å². The molecule has 0 saturated heterocycles. The summed E-state index contributed by atoms with van der Waals surface area (Å²) in [6, 6.07) is 18.5. The monoisotopic (exact) mass is 390 g/mol. The van der Waals surface area contributed by atoms with Crippen molar-refractivity contribution in [2.45, 2.75) is 13.5 Å². The van der Waals surface area contributed by atoms with E-state index in [1.54, 1.807) is 26.2 Å². The highest BCUT2D eigenvalue weighted by Gasteiger charge is 2.17. The van der Waals surface area contributed by atoms with Crippen LogP contribution in [0.15, 0.2) is 71.5 Å². The van der Waals surface area contributed by atoms with E-state index in [2.05, 4.69) is 5.10 Å². The number of nitrogens with zero attached hydrogens (tertiary/aromatic N) is 2. The number of methoxy groups -OCH3 is 1.